The fourth-order valence-electron chi connectivity index (χ4n) is 2.84. The van der Waals surface area contributed by atoms with Gasteiger partial charge in [-0.05, 0) is 30.3 Å². The third-order valence-corrected chi connectivity index (χ3v) is 4.26. The number of carbonyl (C=O) groups excluding carboxylic acids is 1. The van der Waals surface area contributed by atoms with Crippen molar-refractivity contribution in [1.82, 2.24) is 19.7 Å². The zero-order valence-corrected chi connectivity index (χ0v) is 15.8. The van der Waals surface area contributed by atoms with Crippen molar-refractivity contribution in [3.63, 3.8) is 0 Å². The molecule has 0 fully saturated rings. The largest absolute Gasteiger partial charge is 0.508 e. The van der Waals surface area contributed by atoms with Gasteiger partial charge in [0.2, 0.25) is 5.95 Å². The lowest BCUT2D eigenvalue weighted by atomic mass is 10.2. The van der Waals surface area contributed by atoms with Gasteiger partial charge in [0.05, 0.1) is 25.0 Å². The number of halogens is 1. The second-order valence-corrected chi connectivity index (χ2v) is 6.34. The highest BCUT2D eigenvalue weighted by Gasteiger charge is 2.11. The number of phenols is 1. The number of carbonyl (C=O) groups is 1. The Morgan fingerprint density at radius 3 is 2.80 bits per heavy atom. The monoisotopic (exact) mass is 408 g/mol. The lowest BCUT2D eigenvalue weighted by molar-refractivity contribution is -0.141. The number of nitrogens with one attached hydrogen (secondary N) is 2. The van der Waals surface area contributed by atoms with E-state index in [9.17, 15) is 14.3 Å². The number of benzene rings is 2. The molecule has 0 saturated carbocycles. The van der Waals surface area contributed by atoms with E-state index in [0.29, 0.717) is 11.4 Å². The normalized spacial score (nSPS) is 10.7. The number of aromatic nitrogens is 4. The number of hydrogen-bond acceptors (Lipinski definition) is 8. The van der Waals surface area contributed by atoms with Crippen LogP contribution in [0.25, 0.3) is 10.9 Å². The van der Waals surface area contributed by atoms with Gasteiger partial charge >= 0.3 is 5.97 Å². The zero-order valence-electron chi connectivity index (χ0n) is 15.8. The molecule has 0 aliphatic heterocycles. The maximum Gasteiger partial charge on any atom is 0.327 e. The Balaban J connectivity index is 1.56. The number of rotatable bonds is 6. The van der Waals surface area contributed by atoms with Crippen molar-refractivity contribution in [2.75, 3.05) is 17.7 Å². The minimum absolute atomic E-state index is 0.00260. The number of methoxy groups -OCH3 is 1. The Hall–Kier alpha value is -4.21. The molecule has 0 atom stereocenters. The highest BCUT2D eigenvalue weighted by atomic mass is 19.1. The fourth-order valence-corrected chi connectivity index (χ4v) is 2.84. The summed E-state index contributed by atoms with van der Waals surface area (Å²) in [4.78, 5) is 19.6. The van der Waals surface area contributed by atoms with Gasteiger partial charge in [0, 0.05) is 22.8 Å². The maximum atomic E-state index is 14.2. The highest BCUT2D eigenvalue weighted by Crippen LogP contribution is 2.24. The van der Waals surface area contributed by atoms with Gasteiger partial charge in [-0.3, -0.25) is 9.48 Å². The second-order valence-electron chi connectivity index (χ2n) is 6.34. The first-order valence-electron chi connectivity index (χ1n) is 8.90. The molecule has 2 heterocycles. The summed E-state index contributed by atoms with van der Waals surface area (Å²) >= 11 is 0. The topological polar surface area (TPSA) is 114 Å². The van der Waals surface area contributed by atoms with Crippen LogP contribution < -0.4 is 10.6 Å². The number of fused-ring (bicyclic) bond motifs is 1. The number of esters is 1. The molecule has 9 nitrogen and oxygen atoms in total. The molecular formula is C20H17FN6O3. The van der Waals surface area contributed by atoms with Crippen LogP contribution in [0.1, 0.15) is 0 Å². The van der Waals surface area contributed by atoms with Crippen molar-refractivity contribution >= 4 is 40.0 Å². The molecule has 0 radical (unpaired) electrons. The Morgan fingerprint density at radius 1 is 1.17 bits per heavy atom. The molecule has 0 unspecified atom stereocenters. The molecular weight excluding hydrogens is 391 g/mol. The Labute approximate surface area is 170 Å². The fraction of sp³-hybridized carbons (Fsp3) is 0.100. The molecule has 0 aliphatic carbocycles. The molecule has 2 aromatic heterocycles. The van der Waals surface area contributed by atoms with Crippen LogP contribution in [-0.2, 0) is 16.1 Å². The SMILES string of the molecule is COC(=O)Cn1ncc2cc(Nc3nc(Nc4cccc(O)c4)ncc3F)ccc21. The Morgan fingerprint density at radius 2 is 2.00 bits per heavy atom. The molecule has 0 spiro atoms. The van der Waals surface area contributed by atoms with Crippen LogP contribution in [-0.4, -0.2) is 37.9 Å². The molecule has 2 aromatic carbocycles. The van der Waals surface area contributed by atoms with Crippen molar-refractivity contribution in [3.8, 4) is 5.75 Å². The standard InChI is InChI=1S/C20H17FN6O3/c1-30-18(29)11-27-17-6-5-14(7-12(17)9-23-27)24-19-16(21)10-22-20(26-19)25-13-3-2-4-15(28)8-13/h2-10,28H,11H2,1H3,(H2,22,24,25,26). The van der Waals surface area contributed by atoms with Crippen molar-refractivity contribution in [1.29, 1.82) is 0 Å². The third-order valence-electron chi connectivity index (χ3n) is 4.26. The Bertz CT molecular complexity index is 1230. The summed E-state index contributed by atoms with van der Waals surface area (Å²) in [5.74, 6) is -0.804. The lowest BCUT2D eigenvalue weighted by Gasteiger charge is -2.10. The summed E-state index contributed by atoms with van der Waals surface area (Å²) in [6.45, 7) is -0.00260. The predicted molar refractivity (Wildman–Crippen MR) is 108 cm³/mol. The summed E-state index contributed by atoms with van der Waals surface area (Å²) in [6.07, 6.45) is 2.65. The number of nitrogens with zero attached hydrogens (tertiary/aromatic N) is 4. The van der Waals surface area contributed by atoms with Crippen LogP contribution in [0.3, 0.4) is 0 Å². The van der Waals surface area contributed by atoms with Crippen LogP contribution in [0, 0.1) is 5.82 Å². The molecule has 30 heavy (non-hydrogen) atoms. The summed E-state index contributed by atoms with van der Waals surface area (Å²) in [6, 6.07) is 11.7. The number of hydrogen-bond donors (Lipinski definition) is 3. The van der Waals surface area contributed by atoms with Crippen molar-refractivity contribution in [3.05, 3.63) is 60.7 Å². The van der Waals surface area contributed by atoms with Gasteiger partial charge in [0.15, 0.2) is 11.6 Å². The van der Waals surface area contributed by atoms with Gasteiger partial charge in [-0.15, -0.1) is 0 Å². The van der Waals surface area contributed by atoms with Gasteiger partial charge in [0.25, 0.3) is 0 Å². The summed E-state index contributed by atoms with van der Waals surface area (Å²) < 4.78 is 20.4. The van der Waals surface area contributed by atoms with Crippen LogP contribution in [0.15, 0.2) is 54.9 Å². The van der Waals surface area contributed by atoms with E-state index >= 15 is 0 Å². The molecule has 0 bridgehead atoms. The maximum absolute atomic E-state index is 14.2. The summed E-state index contributed by atoms with van der Waals surface area (Å²) in [5.41, 5.74) is 1.88. The van der Waals surface area contributed by atoms with E-state index in [4.69, 9.17) is 0 Å². The molecule has 0 saturated heterocycles. The average Bonchev–Trinajstić information content (AvgIpc) is 3.12. The van der Waals surface area contributed by atoms with E-state index in [2.05, 4.69) is 30.4 Å². The summed E-state index contributed by atoms with van der Waals surface area (Å²) in [7, 11) is 1.32. The molecule has 10 heteroatoms. The predicted octanol–water partition coefficient (Wildman–Crippen LogP) is 3.33. The number of anilines is 4. The van der Waals surface area contributed by atoms with E-state index in [1.807, 2.05) is 0 Å². The number of ether oxygens (including phenoxy) is 1. The minimum Gasteiger partial charge on any atom is -0.508 e. The first kappa shape index (κ1) is 19.1. The Kier molecular flexibility index (Phi) is 5.12. The van der Waals surface area contributed by atoms with Crippen molar-refractivity contribution in [2.45, 2.75) is 6.54 Å². The van der Waals surface area contributed by atoms with Gasteiger partial charge in [-0.1, -0.05) is 6.07 Å². The van der Waals surface area contributed by atoms with Crippen LogP contribution in [0.2, 0.25) is 0 Å². The highest BCUT2D eigenvalue weighted by molar-refractivity contribution is 5.84. The third kappa shape index (κ3) is 4.12. The zero-order chi connectivity index (χ0) is 21.1. The first-order chi connectivity index (χ1) is 14.5. The second kappa shape index (κ2) is 8.03. The molecule has 0 aliphatic rings. The van der Waals surface area contributed by atoms with Gasteiger partial charge in [-0.2, -0.15) is 10.1 Å². The quantitative estimate of drug-likeness (QED) is 0.416. The van der Waals surface area contributed by atoms with Gasteiger partial charge in [0.1, 0.15) is 12.3 Å². The van der Waals surface area contributed by atoms with E-state index in [0.717, 1.165) is 17.1 Å². The van der Waals surface area contributed by atoms with Crippen LogP contribution in [0.4, 0.5) is 27.5 Å². The number of aromatic hydroxyl groups is 1. The van der Waals surface area contributed by atoms with E-state index in [1.54, 1.807) is 36.5 Å². The minimum atomic E-state index is -0.627. The molecule has 4 aromatic rings. The summed E-state index contributed by atoms with van der Waals surface area (Å²) in [5, 5.41) is 20.3. The van der Waals surface area contributed by atoms with E-state index < -0.39 is 11.8 Å². The average molecular weight is 408 g/mol. The van der Waals surface area contributed by atoms with E-state index in [-0.39, 0.29) is 24.1 Å². The number of phenolic OH excluding ortho intramolecular Hbond substituents is 1. The van der Waals surface area contributed by atoms with Gasteiger partial charge < -0.3 is 20.5 Å². The molecule has 4 rings (SSSR count). The molecule has 0 amide bonds. The van der Waals surface area contributed by atoms with Crippen molar-refractivity contribution < 1.29 is 19.0 Å². The molecule has 152 valence electrons. The lowest BCUT2D eigenvalue weighted by Crippen LogP contribution is -2.12. The first-order valence-corrected chi connectivity index (χ1v) is 8.90. The van der Waals surface area contributed by atoms with Crippen LogP contribution in [0.5, 0.6) is 5.75 Å². The molecule has 3 N–H and O–H groups in total. The van der Waals surface area contributed by atoms with Crippen molar-refractivity contribution in [2.24, 2.45) is 0 Å². The van der Waals surface area contributed by atoms with E-state index in [1.165, 1.54) is 23.9 Å². The smallest absolute Gasteiger partial charge is 0.327 e. The van der Waals surface area contributed by atoms with Gasteiger partial charge in [-0.25, -0.2) is 9.37 Å². The van der Waals surface area contributed by atoms with Crippen LogP contribution >= 0.6 is 0 Å².